The first kappa shape index (κ1) is 13.5. The van der Waals surface area contributed by atoms with E-state index in [0.717, 1.165) is 22.6 Å². The van der Waals surface area contributed by atoms with Gasteiger partial charge in [-0.25, -0.2) is 0 Å². The highest BCUT2D eigenvalue weighted by Crippen LogP contribution is 2.34. The molecule has 0 aromatic heterocycles. The van der Waals surface area contributed by atoms with Gasteiger partial charge in [0.25, 0.3) is 0 Å². The molecule has 1 heteroatoms. The lowest BCUT2D eigenvalue weighted by molar-refractivity contribution is 0.253. The number of alkyl halides is 1. The van der Waals surface area contributed by atoms with Gasteiger partial charge >= 0.3 is 0 Å². The first-order chi connectivity index (χ1) is 7.13. The van der Waals surface area contributed by atoms with Crippen LogP contribution in [0.25, 0.3) is 0 Å². The van der Waals surface area contributed by atoms with Crippen LogP contribution in [0, 0.1) is 17.8 Å². The van der Waals surface area contributed by atoms with Gasteiger partial charge in [0.1, 0.15) is 0 Å². The van der Waals surface area contributed by atoms with Crippen molar-refractivity contribution in [3.05, 3.63) is 0 Å². The summed E-state index contributed by atoms with van der Waals surface area (Å²) in [5.74, 6) is 2.87. The molecule has 0 saturated heterocycles. The number of rotatable bonds is 5. The van der Waals surface area contributed by atoms with Crippen LogP contribution in [0.4, 0.5) is 0 Å². The monoisotopic (exact) mass is 274 g/mol. The fourth-order valence-corrected chi connectivity index (χ4v) is 2.92. The van der Waals surface area contributed by atoms with Gasteiger partial charge in [-0.2, -0.15) is 0 Å². The van der Waals surface area contributed by atoms with Crippen molar-refractivity contribution >= 4 is 15.9 Å². The maximum atomic E-state index is 3.79. The third kappa shape index (κ3) is 4.89. The van der Waals surface area contributed by atoms with Crippen molar-refractivity contribution < 1.29 is 0 Å². The third-order valence-corrected chi connectivity index (χ3v) is 5.63. The lowest BCUT2D eigenvalue weighted by atomic mass is 9.78. The van der Waals surface area contributed by atoms with Crippen LogP contribution >= 0.6 is 15.9 Å². The number of hydrogen-bond acceptors (Lipinski definition) is 0. The molecule has 0 aromatic carbocycles. The second-order valence-corrected chi connectivity index (χ2v) is 6.81. The van der Waals surface area contributed by atoms with Crippen LogP contribution < -0.4 is 0 Å². The second kappa shape index (κ2) is 6.93. The molecular formula is C14H27Br. The molecule has 0 bridgehead atoms. The van der Waals surface area contributed by atoms with Crippen molar-refractivity contribution in [2.75, 3.05) is 0 Å². The molecule has 0 nitrogen and oxygen atoms in total. The molecule has 15 heavy (non-hydrogen) atoms. The Balaban J connectivity index is 2.13. The maximum absolute atomic E-state index is 3.79. The van der Waals surface area contributed by atoms with Crippen LogP contribution in [0.1, 0.15) is 65.7 Å². The van der Waals surface area contributed by atoms with E-state index in [9.17, 15) is 0 Å². The van der Waals surface area contributed by atoms with Crippen molar-refractivity contribution in [1.29, 1.82) is 0 Å². The van der Waals surface area contributed by atoms with Gasteiger partial charge in [-0.3, -0.25) is 0 Å². The summed E-state index contributed by atoms with van der Waals surface area (Å²) in [4.78, 5) is 0.737. The van der Waals surface area contributed by atoms with Crippen LogP contribution in [0.3, 0.4) is 0 Å². The molecule has 0 spiro atoms. The standard InChI is InChI=1S/C14H27Br/c1-4-12-5-7-13(8-6-12)9-10-14(15)11(2)3/h11-14H,4-10H2,1-3H3. The molecule has 0 aliphatic heterocycles. The van der Waals surface area contributed by atoms with Crippen molar-refractivity contribution in [2.45, 2.75) is 70.5 Å². The summed E-state index contributed by atoms with van der Waals surface area (Å²) in [6, 6.07) is 0. The van der Waals surface area contributed by atoms with Crippen molar-refractivity contribution in [1.82, 2.24) is 0 Å². The highest BCUT2D eigenvalue weighted by atomic mass is 79.9. The van der Waals surface area contributed by atoms with E-state index < -0.39 is 0 Å². The highest BCUT2D eigenvalue weighted by molar-refractivity contribution is 9.09. The Morgan fingerprint density at radius 3 is 2.07 bits per heavy atom. The first-order valence-corrected chi connectivity index (χ1v) is 7.69. The summed E-state index contributed by atoms with van der Waals surface area (Å²) in [6.07, 6.45) is 10.2. The molecule has 0 aromatic rings. The summed E-state index contributed by atoms with van der Waals surface area (Å²) in [7, 11) is 0. The van der Waals surface area contributed by atoms with Crippen LogP contribution in [0.2, 0.25) is 0 Å². The van der Waals surface area contributed by atoms with E-state index in [1.54, 1.807) is 0 Å². The number of hydrogen-bond donors (Lipinski definition) is 0. The van der Waals surface area contributed by atoms with Gasteiger partial charge in [-0.05, 0) is 30.6 Å². The Kier molecular flexibility index (Phi) is 6.26. The molecule has 1 unspecified atom stereocenters. The Labute approximate surface area is 104 Å². The zero-order chi connectivity index (χ0) is 11.3. The van der Waals surface area contributed by atoms with E-state index in [2.05, 4.69) is 36.7 Å². The Bertz CT molecular complexity index is 157. The van der Waals surface area contributed by atoms with E-state index in [0.29, 0.717) is 0 Å². The fraction of sp³-hybridized carbons (Fsp3) is 1.00. The lowest BCUT2D eigenvalue weighted by Crippen LogP contribution is -2.16. The van der Waals surface area contributed by atoms with Crippen LogP contribution in [-0.4, -0.2) is 4.83 Å². The molecule has 90 valence electrons. The maximum Gasteiger partial charge on any atom is 0.0168 e. The summed E-state index contributed by atoms with van der Waals surface area (Å²) in [5.41, 5.74) is 0. The van der Waals surface area contributed by atoms with Crippen molar-refractivity contribution in [3.63, 3.8) is 0 Å². The highest BCUT2D eigenvalue weighted by Gasteiger charge is 2.20. The molecule has 1 aliphatic carbocycles. The summed E-state index contributed by atoms with van der Waals surface area (Å²) in [6.45, 7) is 6.97. The lowest BCUT2D eigenvalue weighted by Gasteiger charge is -2.28. The molecule has 1 atom stereocenters. The number of halogens is 1. The van der Waals surface area contributed by atoms with E-state index in [1.807, 2.05) is 0 Å². The molecular weight excluding hydrogens is 248 g/mol. The zero-order valence-corrected chi connectivity index (χ0v) is 12.2. The van der Waals surface area contributed by atoms with Crippen LogP contribution in [0.5, 0.6) is 0 Å². The molecule has 1 aliphatic rings. The van der Waals surface area contributed by atoms with E-state index in [4.69, 9.17) is 0 Å². The smallest absolute Gasteiger partial charge is 0.0168 e. The molecule has 1 saturated carbocycles. The minimum absolute atomic E-state index is 0.737. The predicted octanol–water partition coefficient (Wildman–Crippen LogP) is 5.40. The molecule has 0 amide bonds. The Morgan fingerprint density at radius 2 is 1.60 bits per heavy atom. The Morgan fingerprint density at radius 1 is 1.07 bits per heavy atom. The van der Waals surface area contributed by atoms with Crippen molar-refractivity contribution in [2.24, 2.45) is 17.8 Å². The van der Waals surface area contributed by atoms with Gasteiger partial charge in [0, 0.05) is 4.83 Å². The van der Waals surface area contributed by atoms with Gasteiger partial charge in [0.2, 0.25) is 0 Å². The summed E-state index contributed by atoms with van der Waals surface area (Å²) in [5, 5.41) is 0. The third-order valence-electron chi connectivity index (χ3n) is 4.12. The van der Waals surface area contributed by atoms with Gasteiger partial charge in [0.05, 0.1) is 0 Å². The molecule has 0 N–H and O–H groups in total. The average Bonchev–Trinajstić information content (AvgIpc) is 2.26. The second-order valence-electron chi connectivity index (χ2n) is 5.63. The van der Waals surface area contributed by atoms with E-state index >= 15 is 0 Å². The van der Waals surface area contributed by atoms with Crippen molar-refractivity contribution in [3.8, 4) is 0 Å². The van der Waals surface area contributed by atoms with Gasteiger partial charge in [-0.1, -0.05) is 68.8 Å². The quantitative estimate of drug-likeness (QED) is 0.589. The zero-order valence-electron chi connectivity index (χ0n) is 10.6. The van der Waals surface area contributed by atoms with E-state index in [1.165, 1.54) is 44.9 Å². The van der Waals surface area contributed by atoms with Crippen LogP contribution in [0.15, 0.2) is 0 Å². The largest absolute Gasteiger partial charge is 0.0888 e. The molecule has 1 rings (SSSR count). The predicted molar refractivity (Wildman–Crippen MR) is 72.5 cm³/mol. The van der Waals surface area contributed by atoms with Crippen LogP contribution in [-0.2, 0) is 0 Å². The molecule has 0 heterocycles. The molecule has 0 radical (unpaired) electrons. The normalized spacial score (nSPS) is 29.4. The summed E-state index contributed by atoms with van der Waals surface area (Å²) < 4.78 is 0. The minimum Gasteiger partial charge on any atom is -0.0888 e. The fourth-order valence-electron chi connectivity index (χ4n) is 2.66. The first-order valence-electron chi connectivity index (χ1n) is 6.77. The van der Waals surface area contributed by atoms with Gasteiger partial charge < -0.3 is 0 Å². The van der Waals surface area contributed by atoms with E-state index in [-0.39, 0.29) is 0 Å². The average molecular weight is 275 g/mol. The molecule has 1 fully saturated rings. The summed E-state index contributed by atoms with van der Waals surface area (Å²) >= 11 is 3.79. The topological polar surface area (TPSA) is 0 Å². The SMILES string of the molecule is CCC1CCC(CCC(Br)C(C)C)CC1. The Hall–Kier alpha value is 0.480. The van der Waals surface area contributed by atoms with Gasteiger partial charge in [-0.15, -0.1) is 0 Å². The minimum atomic E-state index is 0.737. The van der Waals surface area contributed by atoms with Gasteiger partial charge in [0.15, 0.2) is 0 Å².